The van der Waals surface area contributed by atoms with E-state index in [1.54, 1.807) is 7.05 Å². The molecule has 0 aromatic heterocycles. The monoisotopic (exact) mass is 335 g/mol. The van der Waals surface area contributed by atoms with Crippen LogP contribution in [-0.2, 0) is 10.0 Å². The summed E-state index contributed by atoms with van der Waals surface area (Å²) in [5.74, 6) is -0.0114. The van der Waals surface area contributed by atoms with Gasteiger partial charge in [-0.25, -0.2) is 12.8 Å². The van der Waals surface area contributed by atoms with Crippen LogP contribution in [0.4, 0.5) is 4.39 Å². The molecule has 0 aliphatic heterocycles. The Bertz CT molecular complexity index is 557. The average molecular weight is 336 g/mol. The van der Waals surface area contributed by atoms with Crippen LogP contribution in [0.5, 0.6) is 0 Å². The zero-order valence-corrected chi connectivity index (χ0v) is 12.6. The van der Waals surface area contributed by atoms with Crippen molar-refractivity contribution in [3.8, 4) is 0 Å². The number of rotatable bonds is 4. The predicted octanol–water partition coefficient (Wildman–Crippen LogP) is 3.01. The second-order valence-corrected chi connectivity index (χ2v) is 7.49. The van der Waals surface area contributed by atoms with E-state index in [-0.39, 0.29) is 15.4 Å². The molecule has 100 valence electrons. The summed E-state index contributed by atoms with van der Waals surface area (Å²) in [6.45, 7) is 1.91. The molecule has 0 spiro atoms. The van der Waals surface area contributed by atoms with Crippen molar-refractivity contribution in [3.63, 3.8) is 0 Å². The molecule has 0 N–H and O–H groups in total. The van der Waals surface area contributed by atoms with Crippen LogP contribution in [0.2, 0.25) is 0 Å². The van der Waals surface area contributed by atoms with Crippen LogP contribution in [0.3, 0.4) is 0 Å². The Morgan fingerprint density at radius 1 is 1.44 bits per heavy atom. The first-order valence-corrected chi connectivity index (χ1v) is 8.00. The van der Waals surface area contributed by atoms with Gasteiger partial charge < -0.3 is 0 Å². The van der Waals surface area contributed by atoms with Crippen LogP contribution >= 0.6 is 15.9 Å². The molecule has 1 fully saturated rings. The van der Waals surface area contributed by atoms with Gasteiger partial charge in [0.05, 0.1) is 4.90 Å². The standard InChI is InChI=1S/C12H15BrFNO2S/c1-8(9-3-4-9)15(2)18(16,17)12-6-5-10(14)7-11(12)13/h5-9H,3-4H2,1-2H3. The highest BCUT2D eigenvalue weighted by Crippen LogP contribution is 2.37. The van der Waals surface area contributed by atoms with Gasteiger partial charge in [-0.3, -0.25) is 0 Å². The zero-order chi connectivity index (χ0) is 13.5. The van der Waals surface area contributed by atoms with Gasteiger partial charge in [0.2, 0.25) is 10.0 Å². The summed E-state index contributed by atoms with van der Waals surface area (Å²) in [6.07, 6.45) is 2.15. The number of benzene rings is 1. The lowest BCUT2D eigenvalue weighted by Gasteiger charge is -2.24. The fourth-order valence-corrected chi connectivity index (χ4v) is 4.36. The normalized spacial score (nSPS) is 18.1. The summed E-state index contributed by atoms with van der Waals surface area (Å²) in [5.41, 5.74) is 0. The molecule has 0 saturated heterocycles. The van der Waals surface area contributed by atoms with Gasteiger partial charge in [0.15, 0.2) is 0 Å². The van der Waals surface area contributed by atoms with E-state index in [4.69, 9.17) is 0 Å². The Balaban J connectivity index is 2.34. The first-order chi connectivity index (χ1) is 8.34. The number of sulfonamides is 1. The fourth-order valence-electron chi connectivity index (χ4n) is 1.93. The van der Waals surface area contributed by atoms with Gasteiger partial charge in [0.1, 0.15) is 5.82 Å². The fraction of sp³-hybridized carbons (Fsp3) is 0.500. The van der Waals surface area contributed by atoms with Crippen molar-refractivity contribution in [2.24, 2.45) is 5.92 Å². The second-order valence-electron chi connectivity index (χ2n) is 4.67. The van der Waals surface area contributed by atoms with E-state index in [2.05, 4.69) is 15.9 Å². The van der Waals surface area contributed by atoms with Crippen molar-refractivity contribution in [1.29, 1.82) is 0 Å². The quantitative estimate of drug-likeness (QED) is 0.848. The van der Waals surface area contributed by atoms with E-state index in [1.165, 1.54) is 16.4 Å². The molecule has 1 aliphatic rings. The van der Waals surface area contributed by atoms with E-state index >= 15 is 0 Å². The highest BCUT2D eigenvalue weighted by atomic mass is 79.9. The van der Waals surface area contributed by atoms with Crippen LogP contribution in [-0.4, -0.2) is 25.8 Å². The number of nitrogens with zero attached hydrogens (tertiary/aromatic N) is 1. The summed E-state index contributed by atoms with van der Waals surface area (Å²) in [5, 5.41) is 0. The van der Waals surface area contributed by atoms with Crippen LogP contribution in [0.25, 0.3) is 0 Å². The van der Waals surface area contributed by atoms with Gasteiger partial charge in [-0.1, -0.05) is 0 Å². The lowest BCUT2D eigenvalue weighted by Crippen LogP contribution is -2.36. The van der Waals surface area contributed by atoms with E-state index in [0.717, 1.165) is 18.9 Å². The van der Waals surface area contributed by atoms with E-state index in [9.17, 15) is 12.8 Å². The molecule has 1 aromatic rings. The van der Waals surface area contributed by atoms with Crippen molar-refractivity contribution in [3.05, 3.63) is 28.5 Å². The molecule has 0 heterocycles. The molecule has 1 aliphatic carbocycles. The van der Waals surface area contributed by atoms with Gasteiger partial charge in [-0.15, -0.1) is 0 Å². The summed E-state index contributed by atoms with van der Waals surface area (Å²) in [4.78, 5) is 0.110. The summed E-state index contributed by atoms with van der Waals surface area (Å²) < 4.78 is 39.5. The average Bonchev–Trinajstić information content (AvgIpc) is 3.10. The second kappa shape index (κ2) is 4.90. The maximum atomic E-state index is 13.0. The highest BCUT2D eigenvalue weighted by Gasteiger charge is 2.36. The van der Waals surface area contributed by atoms with Crippen molar-refractivity contribution in [2.75, 3.05) is 7.05 Å². The predicted molar refractivity (Wildman–Crippen MR) is 71.2 cm³/mol. The number of hydrogen-bond donors (Lipinski definition) is 0. The molecule has 0 amide bonds. The lowest BCUT2D eigenvalue weighted by molar-refractivity contribution is 0.357. The van der Waals surface area contributed by atoms with E-state index in [1.807, 2.05) is 6.92 Å². The molecule has 1 atom stereocenters. The first kappa shape index (κ1) is 14.0. The number of hydrogen-bond acceptors (Lipinski definition) is 2. The lowest BCUT2D eigenvalue weighted by atomic mass is 10.2. The third-order valence-electron chi connectivity index (χ3n) is 3.43. The zero-order valence-electron chi connectivity index (χ0n) is 10.2. The maximum absolute atomic E-state index is 13.0. The van der Waals surface area contributed by atoms with Crippen LogP contribution in [0.15, 0.2) is 27.6 Å². The van der Waals surface area contributed by atoms with Crippen LogP contribution in [0.1, 0.15) is 19.8 Å². The minimum atomic E-state index is -3.57. The van der Waals surface area contributed by atoms with Gasteiger partial charge in [0, 0.05) is 17.6 Å². The maximum Gasteiger partial charge on any atom is 0.244 e. The van der Waals surface area contributed by atoms with Crippen molar-refractivity contribution >= 4 is 26.0 Å². The minimum Gasteiger partial charge on any atom is -0.207 e. The Labute approximate surface area is 115 Å². The van der Waals surface area contributed by atoms with Gasteiger partial charge in [-0.2, -0.15) is 4.31 Å². The molecule has 3 nitrogen and oxygen atoms in total. The largest absolute Gasteiger partial charge is 0.244 e. The van der Waals surface area contributed by atoms with Crippen LogP contribution < -0.4 is 0 Å². The third-order valence-corrected chi connectivity index (χ3v) is 6.35. The molecule has 1 saturated carbocycles. The van der Waals surface area contributed by atoms with E-state index in [0.29, 0.717) is 5.92 Å². The molecule has 0 bridgehead atoms. The summed E-state index contributed by atoms with van der Waals surface area (Å²) >= 11 is 3.11. The SMILES string of the molecule is CC(C1CC1)N(C)S(=O)(=O)c1ccc(F)cc1Br. The van der Waals surface area contributed by atoms with Gasteiger partial charge in [-0.05, 0) is 59.8 Å². The van der Waals surface area contributed by atoms with Crippen molar-refractivity contribution < 1.29 is 12.8 Å². The first-order valence-electron chi connectivity index (χ1n) is 5.77. The summed E-state index contributed by atoms with van der Waals surface area (Å²) in [6, 6.07) is 3.60. The topological polar surface area (TPSA) is 37.4 Å². The molecule has 6 heteroatoms. The minimum absolute atomic E-state index is 0.0213. The number of halogens is 2. The molecule has 2 rings (SSSR count). The molecule has 1 unspecified atom stereocenters. The van der Waals surface area contributed by atoms with E-state index < -0.39 is 15.8 Å². The molecule has 0 radical (unpaired) electrons. The Hall–Kier alpha value is -0.460. The Kier molecular flexibility index (Phi) is 3.80. The highest BCUT2D eigenvalue weighted by molar-refractivity contribution is 9.10. The van der Waals surface area contributed by atoms with Gasteiger partial charge >= 0.3 is 0 Å². The Morgan fingerprint density at radius 2 is 2.06 bits per heavy atom. The smallest absolute Gasteiger partial charge is 0.207 e. The van der Waals surface area contributed by atoms with Crippen LogP contribution in [0, 0.1) is 11.7 Å². The van der Waals surface area contributed by atoms with Gasteiger partial charge in [0.25, 0.3) is 0 Å². The molecular formula is C12H15BrFNO2S. The van der Waals surface area contributed by atoms with Crippen molar-refractivity contribution in [2.45, 2.75) is 30.7 Å². The Morgan fingerprint density at radius 3 is 2.56 bits per heavy atom. The third kappa shape index (κ3) is 2.60. The molecular weight excluding hydrogens is 321 g/mol. The van der Waals surface area contributed by atoms with Crippen molar-refractivity contribution in [1.82, 2.24) is 4.31 Å². The molecule has 18 heavy (non-hydrogen) atoms. The summed E-state index contributed by atoms with van der Waals surface area (Å²) in [7, 11) is -1.99. The molecule has 1 aromatic carbocycles.